The molecule has 8 heteroatoms. The maximum absolute atomic E-state index is 12.8. The molecule has 2 aromatic carbocycles. The van der Waals surface area contributed by atoms with Gasteiger partial charge in [-0.2, -0.15) is 0 Å². The minimum absolute atomic E-state index is 0.109. The molecule has 0 saturated carbocycles. The Bertz CT molecular complexity index is 866. The number of hydrogen-bond donors (Lipinski definition) is 2. The van der Waals surface area contributed by atoms with Gasteiger partial charge in [0.25, 0.3) is 0 Å². The molecule has 0 unspecified atom stereocenters. The Morgan fingerprint density at radius 1 is 1.12 bits per heavy atom. The average molecular weight is 388 g/mol. The standard InChI is InChI=1S/C18H17FN4OS2/c1-12-2-8-15(9-3-12)21-17-22-23-18(26-17)25-11-16(24)20-10-13-4-6-14(19)7-5-13/h2-9H,10-11H2,1H3,(H,20,24)(H,21,22). The smallest absolute Gasteiger partial charge is 0.230 e. The summed E-state index contributed by atoms with van der Waals surface area (Å²) in [7, 11) is 0. The predicted molar refractivity (Wildman–Crippen MR) is 103 cm³/mol. The highest BCUT2D eigenvalue weighted by molar-refractivity contribution is 8.01. The van der Waals surface area contributed by atoms with Gasteiger partial charge in [0.1, 0.15) is 5.82 Å². The van der Waals surface area contributed by atoms with Crippen LogP contribution in [0.25, 0.3) is 0 Å². The van der Waals surface area contributed by atoms with E-state index in [0.717, 1.165) is 15.6 Å². The van der Waals surface area contributed by atoms with Gasteiger partial charge in [0.2, 0.25) is 11.0 Å². The number of rotatable bonds is 7. The molecule has 0 aliphatic rings. The fourth-order valence-corrected chi connectivity index (χ4v) is 3.66. The van der Waals surface area contributed by atoms with Gasteiger partial charge in [-0.05, 0) is 36.8 Å². The zero-order valence-electron chi connectivity index (χ0n) is 14.0. The second kappa shape index (κ2) is 8.77. The summed E-state index contributed by atoms with van der Waals surface area (Å²) in [5.41, 5.74) is 2.99. The monoisotopic (exact) mass is 388 g/mol. The fourth-order valence-electron chi connectivity index (χ4n) is 2.06. The molecular weight excluding hydrogens is 371 g/mol. The van der Waals surface area contributed by atoms with Crippen LogP contribution in [0.15, 0.2) is 52.9 Å². The van der Waals surface area contributed by atoms with Crippen molar-refractivity contribution in [2.75, 3.05) is 11.1 Å². The second-order valence-electron chi connectivity index (χ2n) is 5.56. The van der Waals surface area contributed by atoms with Crippen LogP contribution < -0.4 is 10.6 Å². The average Bonchev–Trinajstić information content (AvgIpc) is 3.09. The van der Waals surface area contributed by atoms with Crippen LogP contribution in [0.5, 0.6) is 0 Å². The SMILES string of the molecule is Cc1ccc(Nc2nnc(SCC(=O)NCc3ccc(F)cc3)s2)cc1. The summed E-state index contributed by atoms with van der Waals surface area (Å²) >= 11 is 2.73. The van der Waals surface area contributed by atoms with Gasteiger partial charge in [0.15, 0.2) is 4.34 Å². The van der Waals surface area contributed by atoms with Crippen molar-refractivity contribution in [3.63, 3.8) is 0 Å². The molecule has 3 rings (SSSR count). The van der Waals surface area contributed by atoms with Gasteiger partial charge in [0, 0.05) is 12.2 Å². The molecular formula is C18H17FN4OS2. The van der Waals surface area contributed by atoms with Crippen molar-refractivity contribution in [3.05, 3.63) is 65.5 Å². The van der Waals surface area contributed by atoms with E-state index in [-0.39, 0.29) is 17.5 Å². The van der Waals surface area contributed by atoms with Gasteiger partial charge < -0.3 is 10.6 Å². The zero-order chi connectivity index (χ0) is 18.4. The number of benzene rings is 2. The highest BCUT2D eigenvalue weighted by Gasteiger charge is 2.08. The van der Waals surface area contributed by atoms with E-state index < -0.39 is 0 Å². The number of nitrogens with one attached hydrogen (secondary N) is 2. The second-order valence-corrected chi connectivity index (χ2v) is 7.76. The molecule has 26 heavy (non-hydrogen) atoms. The first-order valence-corrected chi connectivity index (χ1v) is 9.70. The first-order valence-electron chi connectivity index (χ1n) is 7.89. The Kier molecular flexibility index (Phi) is 6.19. The topological polar surface area (TPSA) is 66.9 Å². The van der Waals surface area contributed by atoms with Crippen LogP contribution >= 0.6 is 23.1 Å². The van der Waals surface area contributed by atoms with Crippen LogP contribution in [0, 0.1) is 12.7 Å². The maximum Gasteiger partial charge on any atom is 0.230 e. The van der Waals surface area contributed by atoms with E-state index in [0.29, 0.717) is 11.7 Å². The maximum atomic E-state index is 12.8. The quantitative estimate of drug-likeness (QED) is 0.596. The number of hydrogen-bond acceptors (Lipinski definition) is 6. The Hall–Kier alpha value is -2.45. The molecule has 1 amide bonds. The van der Waals surface area contributed by atoms with Crippen LogP contribution in [0.3, 0.4) is 0 Å². The predicted octanol–water partition coefficient (Wildman–Crippen LogP) is 4.14. The van der Waals surface area contributed by atoms with Crippen molar-refractivity contribution in [3.8, 4) is 0 Å². The van der Waals surface area contributed by atoms with E-state index in [1.807, 2.05) is 31.2 Å². The number of halogens is 1. The van der Waals surface area contributed by atoms with E-state index in [9.17, 15) is 9.18 Å². The number of amides is 1. The van der Waals surface area contributed by atoms with Crippen molar-refractivity contribution in [2.45, 2.75) is 17.8 Å². The molecule has 2 N–H and O–H groups in total. The third-order valence-electron chi connectivity index (χ3n) is 3.44. The number of carbonyl (C=O) groups is 1. The van der Waals surface area contributed by atoms with Crippen LogP contribution in [-0.2, 0) is 11.3 Å². The number of thioether (sulfide) groups is 1. The number of aromatic nitrogens is 2. The molecule has 0 atom stereocenters. The van der Waals surface area contributed by atoms with Gasteiger partial charge in [-0.3, -0.25) is 4.79 Å². The molecule has 1 heterocycles. The van der Waals surface area contributed by atoms with Crippen molar-refractivity contribution in [1.29, 1.82) is 0 Å². The van der Waals surface area contributed by atoms with Gasteiger partial charge in [-0.25, -0.2) is 4.39 Å². The lowest BCUT2D eigenvalue weighted by Crippen LogP contribution is -2.24. The van der Waals surface area contributed by atoms with Crippen LogP contribution in [0.1, 0.15) is 11.1 Å². The number of aryl methyl sites for hydroxylation is 1. The highest BCUT2D eigenvalue weighted by Crippen LogP contribution is 2.27. The van der Waals surface area contributed by atoms with E-state index in [4.69, 9.17) is 0 Å². The number of carbonyl (C=O) groups excluding carboxylic acids is 1. The summed E-state index contributed by atoms with van der Waals surface area (Å²) in [4.78, 5) is 11.9. The van der Waals surface area contributed by atoms with Crippen molar-refractivity contribution >= 4 is 39.8 Å². The minimum Gasteiger partial charge on any atom is -0.351 e. The van der Waals surface area contributed by atoms with Gasteiger partial charge >= 0.3 is 0 Å². The van der Waals surface area contributed by atoms with E-state index in [2.05, 4.69) is 20.8 Å². The van der Waals surface area contributed by atoms with E-state index >= 15 is 0 Å². The Morgan fingerprint density at radius 3 is 2.58 bits per heavy atom. The Labute approximate surface area is 159 Å². The molecule has 0 spiro atoms. The van der Waals surface area contributed by atoms with Gasteiger partial charge in [0.05, 0.1) is 5.75 Å². The summed E-state index contributed by atoms with van der Waals surface area (Å²) in [6.45, 7) is 2.40. The molecule has 134 valence electrons. The normalized spacial score (nSPS) is 10.5. The largest absolute Gasteiger partial charge is 0.351 e. The lowest BCUT2D eigenvalue weighted by Gasteiger charge is -2.04. The highest BCUT2D eigenvalue weighted by atomic mass is 32.2. The molecule has 1 aromatic heterocycles. The number of nitrogens with zero attached hydrogens (tertiary/aromatic N) is 2. The minimum atomic E-state index is -0.290. The fraction of sp³-hybridized carbons (Fsp3) is 0.167. The first kappa shape index (κ1) is 18.3. The third kappa shape index (κ3) is 5.53. The summed E-state index contributed by atoms with van der Waals surface area (Å²) in [5, 5.41) is 14.8. The summed E-state index contributed by atoms with van der Waals surface area (Å²) < 4.78 is 13.6. The van der Waals surface area contributed by atoms with E-state index in [1.54, 1.807) is 12.1 Å². The molecule has 0 fully saturated rings. The van der Waals surface area contributed by atoms with Gasteiger partial charge in [-0.15, -0.1) is 10.2 Å². The van der Waals surface area contributed by atoms with Crippen LogP contribution in [0.4, 0.5) is 15.2 Å². The number of anilines is 2. The lowest BCUT2D eigenvalue weighted by atomic mass is 10.2. The summed E-state index contributed by atoms with van der Waals surface area (Å²) in [6.07, 6.45) is 0. The molecule has 5 nitrogen and oxygen atoms in total. The molecule has 3 aromatic rings. The Balaban J connectivity index is 1.44. The first-order chi connectivity index (χ1) is 12.6. The molecule has 0 aliphatic heterocycles. The summed E-state index contributed by atoms with van der Waals surface area (Å²) in [5.74, 6) is -0.148. The molecule has 0 radical (unpaired) electrons. The Morgan fingerprint density at radius 2 is 1.85 bits per heavy atom. The van der Waals surface area contributed by atoms with E-state index in [1.165, 1.54) is 40.8 Å². The van der Waals surface area contributed by atoms with Crippen molar-refractivity contribution in [2.24, 2.45) is 0 Å². The third-order valence-corrected chi connectivity index (χ3v) is 5.41. The zero-order valence-corrected chi connectivity index (χ0v) is 15.7. The summed E-state index contributed by atoms with van der Waals surface area (Å²) in [6, 6.07) is 14.0. The van der Waals surface area contributed by atoms with Gasteiger partial charge in [-0.1, -0.05) is 52.9 Å². The van der Waals surface area contributed by atoms with Crippen LogP contribution in [-0.4, -0.2) is 21.9 Å². The lowest BCUT2D eigenvalue weighted by molar-refractivity contribution is -0.118. The molecule has 0 bridgehead atoms. The van der Waals surface area contributed by atoms with Crippen molar-refractivity contribution in [1.82, 2.24) is 15.5 Å². The van der Waals surface area contributed by atoms with Crippen molar-refractivity contribution < 1.29 is 9.18 Å². The molecule has 0 saturated heterocycles. The molecule has 0 aliphatic carbocycles. The van der Waals surface area contributed by atoms with Crippen LogP contribution in [0.2, 0.25) is 0 Å².